The van der Waals surface area contributed by atoms with Crippen molar-refractivity contribution in [2.45, 2.75) is 17.1 Å². The van der Waals surface area contributed by atoms with Crippen molar-refractivity contribution in [3.05, 3.63) is 46.1 Å². The highest BCUT2D eigenvalue weighted by Crippen LogP contribution is 2.36. The number of hydrogen-bond donors (Lipinski definition) is 1. The van der Waals surface area contributed by atoms with Crippen LogP contribution in [0.5, 0.6) is 5.75 Å². The first-order valence-electron chi connectivity index (χ1n) is 6.01. The van der Waals surface area contributed by atoms with Gasteiger partial charge < -0.3 is 10.5 Å². The maximum Gasteiger partial charge on any atom is 0.126 e. The van der Waals surface area contributed by atoms with Crippen molar-refractivity contribution in [3.8, 4) is 5.75 Å². The number of hydrogen-bond acceptors (Lipinski definition) is 4. The average Bonchev–Trinajstić information content (AvgIpc) is 2.85. The Balaban J connectivity index is 1.78. The quantitative estimate of drug-likeness (QED) is 0.869. The Morgan fingerprint density at radius 3 is 3.05 bits per heavy atom. The van der Waals surface area contributed by atoms with E-state index in [0.29, 0.717) is 5.82 Å². The van der Waals surface area contributed by atoms with Crippen LogP contribution in [-0.4, -0.2) is 11.6 Å². The summed E-state index contributed by atoms with van der Waals surface area (Å²) in [5.41, 5.74) is 8.10. The lowest BCUT2D eigenvalue weighted by Crippen LogP contribution is -1.91. The van der Waals surface area contributed by atoms with Gasteiger partial charge in [0.15, 0.2) is 0 Å². The van der Waals surface area contributed by atoms with Crippen molar-refractivity contribution in [2.24, 2.45) is 0 Å². The van der Waals surface area contributed by atoms with Crippen LogP contribution in [0.1, 0.15) is 11.1 Å². The fourth-order valence-electron chi connectivity index (χ4n) is 2.09. The van der Waals surface area contributed by atoms with Crippen molar-refractivity contribution < 1.29 is 4.74 Å². The van der Waals surface area contributed by atoms with Crippen LogP contribution in [0.25, 0.3) is 0 Å². The molecular formula is C14H13BrN2OS. The molecule has 0 atom stereocenters. The molecule has 0 bridgehead atoms. The number of fused-ring (bicyclic) bond motifs is 1. The SMILES string of the molecule is Nc1ccc(SCc2cc(Br)cc3c2OCC3)cn1. The van der Waals surface area contributed by atoms with Crippen LogP contribution in [-0.2, 0) is 12.2 Å². The molecule has 3 rings (SSSR count). The highest BCUT2D eigenvalue weighted by atomic mass is 79.9. The summed E-state index contributed by atoms with van der Waals surface area (Å²) < 4.78 is 6.84. The second-order valence-electron chi connectivity index (χ2n) is 4.36. The van der Waals surface area contributed by atoms with Crippen molar-refractivity contribution >= 4 is 33.5 Å². The van der Waals surface area contributed by atoms with Crippen molar-refractivity contribution in [2.75, 3.05) is 12.3 Å². The summed E-state index contributed by atoms with van der Waals surface area (Å²) >= 11 is 5.30. The van der Waals surface area contributed by atoms with E-state index in [1.165, 1.54) is 11.1 Å². The molecule has 0 saturated carbocycles. The molecule has 1 aromatic carbocycles. The molecule has 2 aromatic rings. The van der Waals surface area contributed by atoms with E-state index in [-0.39, 0.29) is 0 Å². The number of nitrogen functional groups attached to an aromatic ring is 1. The molecule has 1 aromatic heterocycles. The van der Waals surface area contributed by atoms with E-state index < -0.39 is 0 Å². The van der Waals surface area contributed by atoms with Crippen LogP contribution in [0, 0.1) is 0 Å². The first kappa shape index (κ1) is 12.8. The van der Waals surface area contributed by atoms with E-state index in [4.69, 9.17) is 10.5 Å². The monoisotopic (exact) mass is 336 g/mol. The van der Waals surface area contributed by atoms with Crippen molar-refractivity contribution in [1.82, 2.24) is 4.98 Å². The number of benzene rings is 1. The van der Waals surface area contributed by atoms with Gasteiger partial charge in [-0.2, -0.15) is 0 Å². The van der Waals surface area contributed by atoms with E-state index in [2.05, 4.69) is 33.0 Å². The first-order valence-corrected chi connectivity index (χ1v) is 7.78. The molecule has 2 heterocycles. The molecule has 0 fully saturated rings. The Bertz CT molecular complexity index is 601. The fourth-order valence-corrected chi connectivity index (χ4v) is 3.47. The van der Waals surface area contributed by atoms with Gasteiger partial charge in [-0.3, -0.25) is 0 Å². The lowest BCUT2D eigenvalue weighted by molar-refractivity contribution is 0.354. The van der Waals surface area contributed by atoms with Gasteiger partial charge >= 0.3 is 0 Å². The number of anilines is 1. The zero-order valence-electron chi connectivity index (χ0n) is 10.2. The minimum Gasteiger partial charge on any atom is -0.493 e. The van der Waals surface area contributed by atoms with Gasteiger partial charge in [-0.05, 0) is 29.8 Å². The van der Waals surface area contributed by atoms with E-state index >= 15 is 0 Å². The van der Waals surface area contributed by atoms with Crippen LogP contribution >= 0.6 is 27.7 Å². The molecule has 0 amide bonds. The Morgan fingerprint density at radius 1 is 1.37 bits per heavy atom. The summed E-state index contributed by atoms with van der Waals surface area (Å²) in [5, 5.41) is 0. The number of nitrogens with zero attached hydrogens (tertiary/aromatic N) is 1. The molecule has 1 aliphatic rings. The normalized spacial score (nSPS) is 13.1. The summed E-state index contributed by atoms with van der Waals surface area (Å²) in [5.74, 6) is 2.48. The smallest absolute Gasteiger partial charge is 0.126 e. The highest BCUT2D eigenvalue weighted by Gasteiger charge is 2.17. The molecule has 1 aliphatic heterocycles. The van der Waals surface area contributed by atoms with Crippen LogP contribution in [0.2, 0.25) is 0 Å². The first-order chi connectivity index (χ1) is 9.22. The maximum absolute atomic E-state index is 5.72. The van der Waals surface area contributed by atoms with Gasteiger partial charge in [0.1, 0.15) is 11.6 Å². The molecular weight excluding hydrogens is 324 g/mol. The van der Waals surface area contributed by atoms with Crippen molar-refractivity contribution in [1.29, 1.82) is 0 Å². The van der Waals surface area contributed by atoms with Crippen molar-refractivity contribution in [3.63, 3.8) is 0 Å². The number of halogens is 1. The summed E-state index contributed by atoms with van der Waals surface area (Å²) in [7, 11) is 0. The van der Waals surface area contributed by atoms with Crippen LogP contribution < -0.4 is 10.5 Å². The third-order valence-electron chi connectivity index (χ3n) is 2.98. The molecule has 2 N–H and O–H groups in total. The van der Waals surface area contributed by atoms with Gasteiger partial charge in [-0.15, -0.1) is 11.8 Å². The Labute approximate surface area is 124 Å². The number of pyridine rings is 1. The zero-order valence-corrected chi connectivity index (χ0v) is 12.6. The summed E-state index contributed by atoms with van der Waals surface area (Å²) in [4.78, 5) is 5.21. The van der Waals surface area contributed by atoms with Gasteiger partial charge in [0.25, 0.3) is 0 Å². The summed E-state index contributed by atoms with van der Waals surface area (Å²) in [6.45, 7) is 0.785. The number of nitrogens with two attached hydrogens (primary N) is 1. The minimum atomic E-state index is 0.552. The predicted molar refractivity (Wildman–Crippen MR) is 81.6 cm³/mol. The average molecular weight is 337 g/mol. The van der Waals surface area contributed by atoms with Gasteiger partial charge in [0.2, 0.25) is 0 Å². The third-order valence-corrected chi connectivity index (χ3v) is 4.47. The van der Waals surface area contributed by atoms with E-state index in [1.807, 2.05) is 12.1 Å². The number of aromatic nitrogens is 1. The maximum atomic E-state index is 5.72. The van der Waals surface area contributed by atoms with Crippen LogP contribution in [0.3, 0.4) is 0 Å². The van der Waals surface area contributed by atoms with Gasteiger partial charge in [-0.1, -0.05) is 15.9 Å². The van der Waals surface area contributed by atoms with Crippen LogP contribution in [0.15, 0.2) is 39.8 Å². The lowest BCUT2D eigenvalue weighted by atomic mass is 10.1. The van der Waals surface area contributed by atoms with Crippen LogP contribution in [0.4, 0.5) is 5.82 Å². The second-order valence-corrected chi connectivity index (χ2v) is 6.32. The largest absolute Gasteiger partial charge is 0.493 e. The molecule has 98 valence electrons. The Morgan fingerprint density at radius 2 is 2.26 bits per heavy atom. The lowest BCUT2D eigenvalue weighted by Gasteiger charge is -2.09. The molecule has 0 unspecified atom stereocenters. The van der Waals surface area contributed by atoms with E-state index in [0.717, 1.165) is 33.9 Å². The molecule has 0 spiro atoms. The molecule has 0 saturated heterocycles. The molecule has 5 heteroatoms. The minimum absolute atomic E-state index is 0.552. The third kappa shape index (κ3) is 2.87. The molecule has 3 nitrogen and oxygen atoms in total. The summed E-state index contributed by atoms with van der Waals surface area (Å²) in [6.07, 6.45) is 2.80. The standard InChI is InChI=1S/C14H13BrN2OS/c15-11-5-9-3-4-18-14(9)10(6-11)8-19-12-1-2-13(16)17-7-12/h1-2,5-7H,3-4,8H2,(H2,16,17). The summed E-state index contributed by atoms with van der Waals surface area (Å²) in [6, 6.07) is 8.08. The highest BCUT2D eigenvalue weighted by molar-refractivity contribution is 9.10. The Hall–Kier alpha value is -1.20. The predicted octanol–water partition coefficient (Wildman–Crippen LogP) is 3.65. The van der Waals surface area contributed by atoms with Gasteiger partial charge in [-0.25, -0.2) is 4.98 Å². The van der Waals surface area contributed by atoms with Gasteiger partial charge in [0, 0.05) is 33.3 Å². The van der Waals surface area contributed by atoms with Gasteiger partial charge in [0.05, 0.1) is 6.61 Å². The Kier molecular flexibility index (Phi) is 3.66. The van der Waals surface area contributed by atoms with E-state index in [9.17, 15) is 0 Å². The molecule has 0 radical (unpaired) electrons. The second kappa shape index (κ2) is 5.43. The number of thioether (sulfide) groups is 1. The molecule has 0 aliphatic carbocycles. The van der Waals surface area contributed by atoms with E-state index in [1.54, 1.807) is 18.0 Å². The zero-order chi connectivity index (χ0) is 13.2. The fraction of sp³-hybridized carbons (Fsp3) is 0.214. The topological polar surface area (TPSA) is 48.1 Å². The molecule has 19 heavy (non-hydrogen) atoms. The number of rotatable bonds is 3. The number of ether oxygens (including phenoxy) is 1.